The maximum absolute atomic E-state index is 13.9. The summed E-state index contributed by atoms with van der Waals surface area (Å²) in [6, 6.07) is 9.43. The molecule has 0 saturated heterocycles. The lowest BCUT2D eigenvalue weighted by atomic mass is 10.1. The van der Waals surface area contributed by atoms with E-state index in [1.165, 1.54) is 12.1 Å². The smallest absolute Gasteiger partial charge is 0.250 e. The van der Waals surface area contributed by atoms with E-state index in [4.69, 9.17) is 10.5 Å². The van der Waals surface area contributed by atoms with Gasteiger partial charge in [0.15, 0.2) is 28.7 Å². The fourth-order valence-corrected chi connectivity index (χ4v) is 3.70. The van der Waals surface area contributed by atoms with Gasteiger partial charge in [0.1, 0.15) is 5.82 Å². The number of thioether (sulfide) groups is 1. The molecular weight excluding hydrogens is 452 g/mol. The lowest BCUT2D eigenvalue weighted by Gasteiger charge is -2.16. The Balaban J connectivity index is 1.71. The number of carbonyl (C=O) groups is 2. The van der Waals surface area contributed by atoms with E-state index in [1.54, 1.807) is 35.8 Å². The van der Waals surface area contributed by atoms with Crippen LogP contribution < -0.4 is 15.8 Å². The summed E-state index contributed by atoms with van der Waals surface area (Å²) in [6.45, 7) is 5.67. The van der Waals surface area contributed by atoms with Crippen molar-refractivity contribution in [1.29, 1.82) is 0 Å². The standard InChI is InChI=1S/C22H21F2N5O3S/c1-3-10-29-21(13(2)32-18-9-8-14(23)11-16(18)24)27-28-22(29)33-12-19(30)26-17-7-5-4-6-15(17)20(25)31/h3-9,11,13H,1,10,12H2,2H3,(H2,25,31)(H,26,30). The van der Waals surface area contributed by atoms with Gasteiger partial charge in [-0.2, -0.15) is 0 Å². The van der Waals surface area contributed by atoms with Crippen molar-refractivity contribution < 1.29 is 23.1 Å². The fourth-order valence-electron chi connectivity index (χ4n) is 2.95. The third-order valence-electron chi connectivity index (χ3n) is 4.42. The molecule has 1 unspecified atom stereocenters. The molecule has 3 aromatic rings. The number of nitrogens with two attached hydrogens (primary N) is 1. The van der Waals surface area contributed by atoms with Crippen LogP contribution in [0.3, 0.4) is 0 Å². The zero-order valence-corrected chi connectivity index (χ0v) is 18.4. The minimum atomic E-state index is -0.834. The zero-order valence-electron chi connectivity index (χ0n) is 17.6. The molecule has 0 aliphatic heterocycles. The van der Waals surface area contributed by atoms with Gasteiger partial charge >= 0.3 is 0 Å². The molecule has 0 spiro atoms. The second-order valence-electron chi connectivity index (χ2n) is 6.82. The average molecular weight is 474 g/mol. The first-order valence-corrected chi connectivity index (χ1v) is 10.8. The number of rotatable bonds is 10. The van der Waals surface area contributed by atoms with Crippen molar-refractivity contribution >= 4 is 29.3 Å². The number of nitrogens with zero attached hydrogens (tertiary/aromatic N) is 3. The van der Waals surface area contributed by atoms with E-state index >= 15 is 0 Å². The molecule has 3 rings (SSSR count). The van der Waals surface area contributed by atoms with Gasteiger partial charge in [0.2, 0.25) is 5.91 Å². The van der Waals surface area contributed by atoms with Gasteiger partial charge in [-0.05, 0) is 31.2 Å². The number of aromatic nitrogens is 3. The summed E-state index contributed by atoms with van der Waals surface area (Å²) in [7, 11) is 0. The number of benzene rings is 2. The number of hydrogen-bond donors (Lipinski definition) is 2. The summed E-state index contributed by atoms with van der Waals surface area (Å²) in [5.41, 5.74) is 5.84. The van der Waals surface area contributed by atoms with Crippen LogP contribution in [0.4, 0.5) is 14.5 Å². The molecule has 1 atom stereocenters. The van der Waals surface area contributed by atoms with Crippen molar-refractivity contribution in [3.63, 3.8) is 0 Å². The molecular formula is C22H21F2N5O3S. The number of hydrogen-bond acceptors (Lipinski definition) is 6. The van der Waals surface area contributed by atoms with Crippen molar-refractivity contribution in [2.45, 2.75) is 24.7 Å². The quantitative estimate of drug-likeness (QED) is 0.343. The average Bonchev–Trinajstić information content (AvgIpc) is 3.17. The molecule has 172 valence electrons. The van der Waals surface area contributed by atoms with Crippen LogP contribution in [0.25, 0.3) is 0 Å². The Morgan fingerprint density at radius 3 is 2.73 bits per heavy atom. The first-order valence-electron chi connectivity index (χ1n) is 9.77. The lowest BCUT2D eigenvalue weighted by Crippen LogP contribution is -2.19. The van der Waals surface area contributed by atoms with Gasteiger partial charge in [0.05, 0.1) is 17.0 Å². The normalized spacial score (nSPS) is 11.6. The zero-order chi connectivity index (χ0) is 24.0. The molecule has 0 bridgehead atoms. The molecule has 0 aliphatic carbocycles. The van der Waals surface area contributed by atoms with Crippen LogP contribution in [0, 0.1) is 11.6 Å². The van der Waals surface area contributed by atoms with Gasteiger partial charge in [0.25, 0.3) is 5.91 Å². The maximum Gasteiger partial charge on any atom is 0.250 e. The number of allylic oxidation sites excluding steroid dienone is 1. The number of ether oxygens (including phenoxy) is 1. The summed E-state index contributed by atoms with van der Waals surface area (Å²) in [4.78, 5) is 23.9. The molecule has 0 fully saturated rings. The van der Waals surface area contributed by atoms with E-state index in [2.05, 4.69) is 22.1 Å². The largest absolute Gasteiger partial charge is 0.480 e. The van der Waals surface area contributed by atoms with Gasteiger partial charge in [-0.15, -0.1) is 16.8 Å². The topological polar surface area (TPSA) is 112 Å². The minimum Gasteiger partial charge on any atom is -0.480 e. The number of para-hydroxylation sites is 1. The number of primary amides is 1. The van der Waals surface area contributed by atoms with Gasteiger partial charge in [-0.1, -0.05) is 30.0 Å². The van der Waals surface area contributed by atoms with Crippen molar-refractivity contribution in [2.24, 2.45) is 5.73 Å². The molecule has 2 amide bonds. The first-order chi connectivity index (χ1) is 15.8. The summed E-state index contributed by atoms with van der Waals surface area (Å²) < 4.78 is 34.3. The molecule has 8 nitrogen and oxygen atoms in total. The number of carbonyl (C=O) groups excluding carboxylic acids is 2. The van der Waals surface area contributed by atoms with Crippen molar-refractivity contribution in [2.75, 3.05) is 11.1 Å². The number of halogens is 2. The second-order valence-corrected chi connectivity index (χ2v) is 7.76. The maximum atomic E-state index is 13.9. The molecule has 0 radical (unpaired) electrons. The van der Waals surface area contributed by atoms with E-state index < -0.39 is 23.6 Å². The molecule has 1 heterocycles. The first kappa shape index (κ1) is 23.9. The SMILES string of the molecule is C=CCn1c(SCC(=O)Nc2ccccc2C(N)=O)nnc1C(C)Oc1ccc(F)cc1F. The predicted molar refractivity (Wildman–Crippen MR) is 120 cm³/mol. The van der Waals surface area contributed by atoms with E-state index in [0.29, 0.717) is 23.2 Å². The molecule has 1 aromatic heterocycles. The predicted octanol–water partition coefficient (Wildman–Crippen LogP) is 3.71. The third-order valence-corrected chi connectivity index (χ3v) is 5.38. The van der Waals surface area contributed by atoms with E-state index in [0.717, 1.165) is 23.9 Å². The number of amides is 2. The van der Waals surface area contributed by atoms with Crippen LogP contribution in [0.2, 0.25) is 0 Å². The third kappa shape index (κ3) is 5.95. The Morgan fingerprint density at radius 2 is 2.03 bits per heavy atom. The van der Waals surface area contributed by atoms with Gasteiger partial charge < -0.3 is 15.8 Å². The van der Waals surface area contributed by atoms with Crippen molar-refractivity contribution in [3.8, 4) is 5.75 Å². The monoisotopic (exact) mass is 473 g/mol. The molecule has 3 N–H and O–H groups in total. The summed E-state index contributed by atoms with van der Waals surface area (Å²) in [6.07, 6.45) is 0.897. The van der Waals surface area contributed by atoms with Crippen LogP contribution in [-0.2, 0) is 11.3 Å². The summed E-state index contributed by atoms with van der Waals surface area (Å²) in [5.74, 6) is -2.35. The minimum absolute atomic E-state index is 0.0236. The molecule has 33 heavy (non-hydrogen) atoms. The van der Waals surface area contributed by atoms with E-state index in [-0.39, 0.29) is 23.0 Å². The van der Waals surface area contributed by atoms with Crippen molar-refractivity contribution in [1.82, 2.24) is 14.8 Å². The van der Waals surface area contributed by atoms with Crippen LogP contribution >= 0.6 is 11.8 Å². The van der Waals surface area contributed by atoms with Crippen LogP contribution in [0.1, 0.15) is 29.2 Å². The van der Waals surface area contributed by atoms with Crippen molar-refractivity contribution in [3.05, 3.63) is 78.1 Å². The van der Waals surface area contributed by atoms with Crippen LogP contribution in [0.15, 0.2) is 60.3 Å². The summed E-state index contributed by atoms with van der Waals surface area (Å²) >= 11 is 1.11. The molecule has 11 heteroatoms. The molecule has 2 aromatic carbocycles. The molecule has 0 aliphatic rings. The Morgan fingerprint density at radius 1 is 1.27 bits per heavy atom. The fraction of sp³-hybridized carbons (Fsp3) is 0.182. The van der Waals surface area contributed by atoms with E-state index in [1.807, 2.05) is 0 Å². The number of nitrogens with one attached hydrogen (secondary N) is 1. The van der Waals surface area contributed by atoms with Crippen LogP contribution in [0.5, 0.6) is 5.75 Å². The highest BCUT2D eigenvalue weighted by Gasteiger charge is 2.21. The number of anilines is 1. The summed E-state index contributed by atoms with van der Waals surface area (Å²) in [5, 5.41) is 11.3. The Labute approximate surface area is 192 Å². The second kappa shape index (κ2) is 10.7. The highest BCUT2D eigenvalue weighted by molar-refractivity contribution is 7.99. The highest BCUT2D eigenvalue weighted by Crippen LogP contribution is 2.27. The van der Waals surface area contributed by atoms with Crippen LogP contribution in [-0.4, -0.2) is 32.3 Å². The van der Waals surface area contributed by atoms with Gasteiger partial charge in [-0.3, -0.25) is 14.2 Å². The Kier molecular flexibility index (Phi) is 7.78. The Hall–Kier alpha value is -3.73. The van der Waals surface area contributed by atoms with E-state index in [9.17, 15) is 18.4 Å². The Bertz CT molecular complexity index is 1180. The highest BCUT2D eigenvalue weighted by atomic mass is 32.2. The lowest BCUT2D eigenvalue weighted by molar-refractivity contribution is -0.113. The van der Waals surface area contributed by atoms with Gasteiger partial charge in [-0.25, -0.2) is 8.78 Å². The molecule has 0 saturated carbocycles. The van der Waals surface area contributed by atoms with Gasteiger partial charge in [0, 0.05) is 12.6 Å².